The van der Waals surface area contributed by atoms with E-state index in [-0.39, 0.29) is 12.4 Å². The summed E-state index contributed by atoms with van der Waals surface area (Å²) < 4.78 is 13.1. The predicted molar refractivity (Wildman–Crippen MR) is 52.2 cm³/mol. The van der Waals surface area contributed by atoms with Gasteiger partial charge in [0.15, 0.2) is 0 Å². The molecule has 0 unspecified atom stereocenters. The first-order chi connectivity index (χ1) is 6.74. The highest BCUT2D eigenvalue weighted by molar-refractivity contribution is 5.34. The van der Waals surface area contributed by atoms with Gasteiger partial charge in [-0.2, -0.15) is 0 Å². The molecule has 14 heavy (non-hydrogen) atoms. The zero-order valence-electron chi connectivity index (χ0n) is 7.66. The smallest absolute Gasteiger partial charge is 0.211 e. The Balaban J connectivity index is 2.65. The van der Waals surface area contributed by atoms with Crippen molar-refractivity contribution in [3.8, 4) is 0 Å². The molecule has 2 nitrogen and oxygen atoms in total. The molecule has 1 rings (SSSR count). The number of isocyanates is 1. The number of benzene rings is 1. The van der Waals surface area contributed by atoms with Crippen LogP contribution in [0.1, 0.15) is 5.56 Å². The summed E-state index contributed by atoms with van der Waals surface area (Å²) in [5.41, 5.74) is 1.26. The second-order valence-electron chi connectivity index (χ2n) is 2.93. The molecule has 0 aliphatic carbocycles. The Bertz CT molecular complexity index is 381. The molecule has 0 fully saturated rings. The molecule has 3 heteroatoms. The second-order valence-corrected chi connectivity index (χ2v) is 2.93. The van der Waals surface area contributed by atoms with E-state index in [1.165, 1.54) is 12.1 Å². The largest absolute Gasteiger partial charge is 0.235 e. The van der Waals surface area contributed by atoms with Crippen LogP contribution in [-0.2, 0) is 11.2 Å². The van der Waals surface area contributed by atoms with Crippen LogP contribution in [0.5, 0.6) is 0 Å². The van der Waals surface area contributed by atoms with Crippen molar-refractivity contribution in [3.63, 3.8) is 0 Å². The van der Waals surface area contributed by atoms with Crippen LogP contribution in [-0.4, -0.2) is 12.6 Å². The molecular formula is C11H10FNO. The molecule has 0 atom stereocenters. The molecule has 72 valence electrons. The summed E-state index contributed by atoms with van der Waals surface area (Å²) in [7, 11) is 0. The van der Waals surface area contributed by atoms with Gasteiger partial charge < -0.3 is 0 Å². The van der Waals surface area contributed by atoms with Crippen molar-refractivity contribution in [2.75, 3.05) is 6.54 Å². The zero-order valence-corrected chi connectivity index (χ0v) is 7.66. The number of hydrogen-bond donors (Lipinski definition) is 0. The van der Waals surface area contributed by atoms with Crippen LogP contribution in [0.15, 0.2) is 41.4 Å². The molecule has 0 radical (unpaired) electrons. The topological polar surface area (TPSA) is 29.4 Å². The quantitative estimate of drug-likeness (QED) is 0.407. The zero-order chi connectivity index (χ0) is 10.4. The summed E-state index contributed by atoms with van der Waals surface area (Å²) in [6.45, 7) is 3.90. The van der Waals surface area contributed by atoms with Crippen LogP contribution in [0.4, 0.5) is 4.39 Å². The Morgan fingerprint density at radius 3 is 2.86 bits per heavy atom. The van der Waals surface area contributed by atoms with E-state index in [0.29, 0.717) is 17.6 Å². The third-order valence-corrected chi connectivity index (χ3v) is 1.77. The maximum Gasteiger partial charge on any atom is 0.235 e. The van der Waals surface area contributed by atoms with E-state index in [9.17, 15) is 9.18 Å². The van der Waals surface area contributed by atoms with Crippen LogP contribution in [0, 0.1) is 5.82 Å². The molecule has 0 spiro atoms. The molecule has 0 N–H and O–H groups in total. The highest BCUT2D eigenvalue weighted by Crippen LogP contribution is 2.11. The van der Waals surface area contributed by atoms with Crippen LogP contribution in [0.25, 0.3) is 0 Å². The van der Waals surface area contributed by atoms with E-state index in [1.807, 2.05) is 0 Å². The fourth-order valence-electron chi connectivity index (χ4n) is 1.11. The maximum atomic E-state index is 13.1. The first-order valence-corrected chi connectivity index (χ1v) is 4.17. The van der Waals surface area contributed by atoms with Crippen molar-refractivity contribution >= 4 is 6.08 Å². The van der Waals surface area contributed by atoms with Gasteiger partial charge in [-0.15, -0.1) is 0 Å². The lowest BCUT2D eigenvalue weighted by atomic mass is 10.1. The van der Waals surface area contributed by atoms with Gasteiger partial charge in [0.2, 0.25) is 6.08 Å². The summed E-state index contributed by atoms with van der Waals surface area (Å²) >= 11 is 0. The van der Waals surface area contributed by atoms with E-state index in [4.69, 9.17) is 0 Å². The first kappa shape index (κ1) is 10.4. The number of carbonyl (C=O) groups excluding carboxylic acids is 1. The average Bonchev–Trinajstić information content (AvgIpc) is 2.18. The predicted octanol–water partition coefficient (Wildman–Crippen LogP) is 2.26. The highest BCUT2D eigenvalue weighted by Gasteiger charge is 2.01. The van der Waals surface area contributed by atoms with Crippen molar-refractivity contribution in [3.05, 3.63) is 47.8 Å². The monoisotopic (exact) mass is 191 g/mol. The molecule has 0 heterocycles. The lowest BCUT2D eigenvalue weighted by Gasteiger charge is -2.02. The minimum Gasteiger partial charge on any atom is -0.211 e. The van der Waals surface area contributed by atoms with E-state index < -0.39 is 0 Å². The fourth-order valence-corrected chi connectivity index (χ4v) is 1.11. The Morgan fingerprint density at radius 1 is 1.50 bits per heavy atom. The lowest BCUT2D eigenvalue weighted by molar-refractivity contribution is 0.563. The normalized spacial score (nSPS) is 9.21. The molecule has 1 aromatic carbocycles. The highest BCUT2D eigenvalue weighted by atomic mass is 19.1. The molecule has 0 amide bonds. The standard InChI is InChI=1S/C11H10FNO/c1-9(7-13-8-14)6-10-4-2-3-5-11(10)12/h2-5H,1,6-7H2. The molecule has 0 aliphatic heterocycles. The van der Waals surface area contributed by atoms with Gasteiger partial charge in [-0.25, -0.2) is 14.2 Å². The summed E-state index contributed by atoms with van der Waals surface area (Å²) in [5.74, 6) is -0.260. The first-order valence-electron chi connectivity index (χ1n) is 4.17. The van der Waals surface area contributed by atoms with E-state index in [2.05, 4.69) is 11.6 Å². The van der Waals surface area contributed by atoms with Crippen molar-refractivity contribution < 1.29 is 9.18 Å². The van der Waals surface area contributed by atoms with Crippen molar-refractivity contribution in [2.45, 2.75) is 6.42 Å². The molecule has 0 aromatic heterocycles. The number of aliphatic imine (C=N–C) groups is 1. The summed E-state index contributed by atoms with van der Waals surface area (Å²) in [6.07, 6.45) is 1.82. The van der Waals surface area contributed by atoms with Crippen LogP contribution in [0.3, 0.4) is 0 Å². The Morgan fingerprint density at radius 2 is 2.21 bits per heavy atom. The van der Waals surface area contributed by atoms with Gasteiger partial charge in [0.25, 0.3) is 0 Å². The van der Waals surface area contributed by atoms with Gasteiger partial charge in [-0.05, 0) is 18.1 Å². The number of nitrogens with zero attached hydrogens (tertiary/aromatic N) is 1. The second kappa shape index (κ2) is 5.10. The van der Waals surface area contributed by atoms with Gasteiger partial charge in [-0.1, -0.05) is 30.4 Å². The van der Waals surface area contributed by atoms with Crippen LogP contribution >= 0.6 is 0 Å². The number of halogens is 1. The Hall–Kier alpha value is -1.73. The summed E-state index contributed by atoms with van der Waals surface area (Å²) in [4.78, 5) is 13.2. The molecular weight excluding hydrogens is 181 g/mol. The molecule has 0 saturated carbocycles. The minimum absolute atomic E-state index is 0.206. The van der Waals surface area contributed by atoms with E-state index in [1.54, 1.807) is 18.2 Å². The number of rotatable bonds is 4. The summed E-state index contributed by atoms with van der Waals surface area (Å²) in [5, 5.41) is 0. The van der Waals surface area contributed by atoms with E-state index >= 15 is 0 Å². The van der Waals surface area contributed by atoms with E-state index in [0.717, 1.165) is 0 Å². The summed E-state index contributed by atoms with van der Waals surface area (Å²) in [6, 6.07) is 6.47. The average molecular weight is 191 g/mol. The van der Waals surface area contributed by atoms with Crippen molar-refractivity contribution in [2.24, 2.45) is 4.99 Å². The van der Waals surface area contributed by atoms with Gasteiger partial charge in [-0.3, -0.25) is 0 Å². The fraction of sp³-hybridized carbons (Fsp3) is 0.182. The van der Waals surface area contributed by atoms with Crippen molar-refractivity contribution in [1.82, 2.24) is 0 Å². The minimum atomic E-state index is -0.260. The maximum absolute atomic E-state index is 13.1. The molecule has 0 saturated heterocycles. The molecule has 1 aromatic rings. The third kappa shape index (κ3) is 2.96. The van der Waals surface area contributed by atoms with Gasteiger partial charge in [0.1, 0.15) is 5.82 Å². The molecule has 0 aliphatic rings. The van der Waals surface area contributed by atoms with Crippen LogP contribution < -0.4 is 0 Å². The van der Waals surface area contributed by atoms with Crippen molar-refractivity contribution in [1.29, 1.82) is 0 Å². The lowest BCUT2D eigenvalue weighted by Crippen LogP contribution is -1.95. The molecule has 0 bridgehead atoms. The van der Waals surface area contributed by atoms with Gasteiger partial charge >= 0.3 is 0 Å². The van der Waals surface area contributed by atoms with Gasteiger partial charge in [0, 0.05) is 0 Å². The van der Waals surface area contributed by atoms with Gasteiger partial charge in [0.05, 0.1) is 6.54 Å². The number of hydrogen-bond acceptors (Lipinski definition) is 2. The third-order valence-electron chi connectivity index (χ3n) is 1.77. The van der Waals surface area contributed by atoms with Crippen LogP contribution in [0.2, 0.25) is 0 Å². The SMILES string of the molecule is C=C(CN=C=O)Cc1ccccc1F. The Kier molecular flexibility index (Phi) is 3.77. The Labute approximate surface area is 81.8 Å².